The number of ether oxygens (including phenoxy) is 1. The van der Waals surface area contributed by atoms with Crippen LogP contribution >= 0.6 is 15.9 Å². The van der Waals surface area contributed by atoms with Crippen LogP contribution in [-0.4, -0.2) is 63.0 Å². The second kappa shape index (κ2) is 11.4. The first kappa shape index (κ1) is 25.4. The third-order valence-corrected chi connectivity index (χ3v) is 6.37. The van der Waals surface area contributed by atoms with Gasteiger partial charge >= 0.3 is 5.97 Å². The van der Waals surface area contributed by atoms with Gasteiger partial charge in [-0.25, -0.2) is 4.79 Å². The monoisotopic (exact) mass is 552 g/mol. The Morgan fingerprint density at radius 3 is 2.17 bits per heavy atom. The molecule has 0 aliphatic carbocycles. The van der Waals surface area contributed by atoms with Crippen LogP contribution in [0.3, 0.4) is 0 Å². The molecule has 0 saturated heterocycles. The number of aliphatic hydroxyl groups is 2. The predicted octanol–water partition coefficient (Wildman–Crippen LogP) is 4.37. The van der Waals surface area contributed by atoms with E-state index in [2.05, 4.69) is 15.9 Å². The summed E-state index contributed by atoms with van der Waals surface area (Å²) in [6.07, 6.45) is 0. The van der Waals surface area contributed by atoms with E-state index in [0.717, 1.165) is 10.9 Å². The van der Waals surface area contributed by atoms with Gasteiger partial charge in [0.2, 0.25) is 0 Å². The zero-order valence-corrected chi connectivity index (χ0v) is 20.9. The third-order valence-electron chi connectivity index (χ3n) is 5.71. The minimum absolute atomic E-state index is 0.125. The standard InChI is InChI=1S/C27H25BrN2O6/c28-23-14-21(36-20-4-2-1-3-5-20)15-24-22(23)16-25(27(34)35)30(24)17-18-6-8-19(9-7-18)26(33)29(10-12-31)11-13-32/h1-9,14-16,31-32H,10-13,17H2,(H,34,35). The molecule has 0 spiro atoms. The number of fused-ring (bicyclic) bond motifs is 1. The molecule has 4 aromatic rings. The number of para-hydroxylation sites is 1. The average molecular weight is 553 g/mol. The first-order valence-corrected chi connectivity index (χ1v) is 12.1. The Bertz CT molecular complexity index is 1360. The fraction of sp³-hybridized carbons (Fsp3) is 0.185. The highest BCUT2D eigenvalue weighted by Crippen LogP contribution is 2.34. The lowest BCUT2D eigenvalue weighted by Gasteiger charge is -2.20. The summed E-state index contributed by atoms with van der Waals surface area (Å²) in [6, 6.07) is 21.4. The molecule has 1 aromatic heterocycles. The summed E-state index contributed by atoms with van der Waals surface area (Å²) < 4.78 is 8.38. The Balaban J connectivity index is 1.66. The van der Waals surface area contributed by atoms with Crippen LogP contribution in [0.2, 0.25) is 0 Å². The summed E-state index contributed by atoms with van der Waals surface area (Å²) in [4.78, 5) is 26.1. The topological polar surface area (TPSA) is 112 Å². The lowest BCUT2D eigenvalue weighted by molar-refractivity contribution is 0.0679. The van der Waals surface area contributed by atoms with Crippen LogP contribution in [0, 0.1) is 0 Å². The number of carbonyl (C=O) groups is 2. The molecule has 0 fully saturated rings. The molecular weight excluding hydrogens is 528 g/mol. The van der Waals surface area contributed by atoms with Gasteiger partial charge in [-0.1, -0.05) is 30.3 Å². The molecule has 1 heterocycles. The van der Waals surface area contributed by atoms with Crippen molar-refractivity contribution in [3.05, 3.63) is 94.1 Å². The predicted molar refractivity (Wildman–Crippen MR) is 139 cm³/mol. The maximum Gasteiger partial charge on any atom is 0.352 e. The normalized spacial score (nSPS) is 11.0. The number of halogens is 1. The summed E-state index contributed by atoms with van der Waals surface area (Å²) in [5.41, 5.74) is 2.02. The van der Waals surface area contributed by atoms with Gasteiger partial charge in [-0.3, -0.25) is 4.79 Å². The second-order valence-corrected chi connectivity index (χ2v) is 8.96. The molecule has 186 valence electrons. The van der Waals surface area contributed by atoms with Crippen LogP contribution in [0.15, 0.2) is 77.3 Å². The van der Waals surface area contributed by atoms with Gasteiger partial charge in [-0.2, -0.15) is 0 Å². The number of aromatic nitrogens is 1. The van der Waals surface area contributed by atoms with Gasteiger partial charge in [0.25, 0.3) is 5.91 Å². The molecule has 1 amide bonds. The quantitative estimate of drug-likeness (QED) is 0.269. The number of hydrogen-bond donors (Lipinski definition) is 3. The van der Waals surface area contributed by atoms with Gasteiger partial charge in [0, 0.05) is 41.1 Å². The molecule has 0 saturated carbocycles. The van der Waals surface area contributed by atoms with Crippen molar-refractivity contribution < 1.29 is 29.6 Å². The van der Waals surface area contributed by atoms with E-state index in [0.29, 0.717) is 27.1 Å². The Hall–Kier alpha value is -3.66. The van der Waals surface area contributed by atoms with Gasteiger partial charge in [0.05, 0.1) is 18.7 Å². The molecule has 3 N–H and O–H groups in total. The van der Waals surface area contributed by atoms with E-state index in [1.165, 1.54) is 4.90 Å². The molecule has 36 heavy (non-hydrogen) atoms. The van der Waals surface area contributed by atoms with E-state index in [1.807, 2.05) is 30.3 Å². The van der Waals surface area contributed by atoms with Crippen LogP contribution < -0.4 is 4.74 Å². The molecule has 4 rings (SSSR count). The van der Waals surface area contributed by atoms with E-state index in [4.69, 9.17) is 4.74 Å². The number of amides is 1. The van der Waals surface area contributed by atoms with Crippen molar-refractivity contribution in [3.63, 3.8) is 0 Å². The molecule has 0 radical (unpaired) electrons. The van der Waals surface area contributed by atoms with Gasteiger partial charge in [0.1, 0.15) is 17.2 Å². The van der Waals surface area contributed by atoms with E-state index in [-0.39, 0.29) is 44.4 Å². The Morgan fingerprint density at radius 1 is 0.889 bits per heavy atom. The highest BCUT2D eigenvalue weighted by Gasteiger charge is 2.19. The third kappa shape index (κ3) is 5.59. The molecule has 8 nitrogen and oxygen atoms in total. The number of carbonyl (C=O) groups excluding carboxylic acids is 1. The fourth-order valence-electron chi connectivity index (χ4n) is 4.00. The Labute approximate surface area is 216 Å². The van der Waals surface area contributed by atoms with Gasteiger partial charge in [-0.05, 0) is 57.9 Å². The van der Waals surface area contributed by atoms with Gasteiger partial charge in [0.15, 0.2) is 0 Å². The number of rotatable bonds is 10. The SMILES string of the molecule is O=C(O)c1cc2c(Br)cc(Oc3ccccc3)cc2n1Cc1ccc(C(=O)N(CCO)CCO)cc1. The van der Waals surface area contributed by atoms with Crippen molar-refractivity contribution in [2.45, 2.75) is 6.54 Å². The van der Waals surface area contributed by atoms with Crippen molar-refractivity contribution in [1.29, 1.82) is 0 Å². The minimum atomic E-state index is -1.06. The summed E-state index contributed by atoms with van der Waals surface area (Å²) in [6.45, 7) is 0.112. The van der Waals surface area contributed by atoms with Crippen LogP contribution in [0.4, 0.5) is 0 Å². The highest BCUT2D eigenvalue weighted by atomic mass is 79.9. The number of aliphatic hydroxyl groups excluding tert-OH is 2. The number of carboxylic acids is 1. The number of aromatic carboxylic acids is 1. The first-order valence-electron chi connectivity index (χ1n) is 11.3. The van der Waals surface area contributed by atoms with Crippen molar-refractivity contribution in [3.8, 4) is 11.5 Å². The second-order valence-electron chi connectivity index (χ2n) is 8.11. The first-order chi connectivity index (χ1) is 17.4. The van der Waals surface area contributed by atoms with E-state index in [9.17, 15) is 24.9 Å². The Kier molecular flexibility index (Phi) is 8.04. The van der Waals surface area contributed by atoms with Crippen LogP contribution in [0.25, 0.3) is 10.9 Å². The maximum absolute atomic E-state index is 12.7. The molecule has 0 atom stereocenters. The van der Waals surface area contributed by atoms with E-state index >= 15 is 0 Å². The number of benzene rings is 3. The zero-order valence-electron chi connectivity index (χ0n) is 19.3. The molecule has 3 aromatic carbocycles. The minimum Gasteiger partial charge on any atom is -0.477 e. The highest BCUT2D eigenvalue weighted by molar-refractivity contribution is 9.10. The summed E-state index contributed by atoms with van der Waals surface area (Å²) in [7, 11) is 0. The van der Waals surface area contributed by atoms with Crippen LogP contribution in [0.5, 0.6) is 11.5 Å². The van der Waals surface area contributed by atoms with Crippen molar-refractivity contribution in [2.75, 3.05) is 26.3 Å². The molecule has 0 aliphatic rings. The maximum atomic E-state index is 12.7. The average Bonchev–Trinajstić information content (AvgIpc) is 3.23. The van der Waals surface area contributed by atoms with Crippen LogP contribution in [0.1, 0.15) is 26.4 Å². The van der Waals surface area contributed by atoms with Crippen molar-refractivity contribution >= 4 is 38.7 Å². The van der Waals surface area contributed by atoms with Gasteiger partial charge < -0.3 is 29.5 Å². The smallest absolute Gasteiger partial charge is 0.352 e. The summed E-state index contributed by atoms with van der Waals surface area (Å²) >= 11 is 3.54. The van der Waals surface area contributed by atoms with E-state index in [1.54, 1.807) is 47.0 Å². The molecule has 9 heteroatoms. The number of hydrogen-bond acceptors (Lipinski definition) is 5. The Morgan fingerprint density at radius 2 is 1.56 bits per heavy atom. The van der Waals surface area contributed by atoms with Crippen molar-refractivity contribution in [1.82, 2.24) is 9.47 Å². The lowest BCUT2D eigenvalue weighted by Crippen LogP contribution is -2.35. The molecule has 0 aliphatic heterocycles. The molecular formula is C27H25BrN2O6. The van der Waals surface area contributed by atoms with E-state index < -0.39 is 5.97 Å². The number of nitrogens with zero attached hydrogens (tertiary/aromatic N) is 2. The largest absolute Gasteiger partial charge is 0.477 e. The van der Waals surface area contributed by atoms with Crippen LogP contribution in [-0.2, 0) is 6.54 Å². The molecule has 0 bridgehead atoms. The lowest BCUT2D eigenvalue weighted by atomic mass is 10.1. The van der Waals surface area contributed by atoms with Gasteiger partial charge in [-0.15, -0.1) is 0 Å². The zero-order chi connectivity index (χ0) is 25.7. The fourth-order valence-corrected chi connectivity index (χ4v) is 4.54. The summed E-state index contributed by atoms with van der Waals surface area (Å²) in [5, 5.41) is 29.0. The van der Waals surface area contributed by atoms with Crippen molar-refractivity contribution in [2.24, 2.45) is 0 Å². The number of carboxylic acid groups (broad SMARTS) is 1. The summed E-state index contributed by atoms with van der Waals surface area (Å²) in [5.74, 6) is -0.129. The molecule has 0 unspecified atom stereocenters.